The summed E-state index contributed by atoms with van der Waals surface area (Å²) in [4.78, 5) is 24.1. The van der Waals surface area contributed by atoms with Crippen LogP contribution in [0.2, 0.25) is 0 Å². The Bertz CT molecular complexity index is 946. The van der Waals surface area contributed by atoms with Gasteiger partial charge >= 0.3 is 0 Å². The molecule has 0 spiro atoms. The van der Waals surface area contributed by atoms with Gasteiger partial charge in [0.25, 0.3) is 11.8 Å². The van der Waals surface area contributed by atoms with Gasteiger partial charge in [-0.1, -0.05) is 6.07 Å². The van der Waals surface area contributed by atoms with Crippen LogP contribution in [0, 0.1) is 6.92 Å². The van der Waals surface area contributed by atoms with Gasteiger partial charge < -0.3 is 10.4 Å². The predicted molar refractivity (Wildman–Crippen MR) is 110 cm³/mol. The minimum atomic E-state index is -2.68. The third kappa shape index (κ3) is 4.33. The van der Waals surface area contributed by atoms with Gasteiger partial charge in [-0.2, -0.15) is 0 Å². The van der Waals surface area contributed by atoms with Crippen molar-refractivity contribution in [2.45, 2.75) is 56.3 Å². The molecule has 2 aromatic heterocycles. The van der Waals surface area contributed by atoms with Crippen molar-refractivity contribution in [2.75, 3.05) is 19.6 Å². The fraction of sp³-hybridized carbons (Fsp3) is 0.571. The Balaban J connectivity index is 1.53. The molecule has 10 heteroatoms. The third-order valence-electron chi connectivity index (χ3n) is 6.21. The maximum Gasteiger partial charge on any atom is 0.262 e. The molecule has 2 aliphatic rings. The number of aliphatic hydroxyl groups excluding tert-OH is 1. The summed E-state index contributed by atoms with van der Waals surface area (Å²) < 4.78 is 43.2. The van der Waals surface area contributed by atoms with Gasteiger partial charge in [0.1, 0.15) is 0 Å². The van der Waals surface area contributed by atoms with E-state index >= 15 is 4.39 Å². The van der Waals surface area contributed by atoms with Gasteiger partial charge in [-0.15, -0.1) is 11.3 Å². The largest absolute Gasteiger partial charge is 0.387 e. The van der Waals surface area contributed by atoms with Crippen LogP contribution >= 0.6 is 11.3 Å². The average Bonchev–Trinajstić information content (AvgIpc) is 3.17. The lowest BCUT2D eigenvalue weighted by Crippen LogP contribution is -2.49. The van der Waals surface area contributed by atoms with E-state index < -0.39 is 23.6 Å². The lowest BCUT2D eigenvalue weighted by molar-refractivity contribution is -0.136. The van der Waals surface area contributed by atoms with Crippen LogP contribution < -0.4 is 5.32 Å². The van der Waals surface area contributed by atoms with E-state index in [0.29, 0.717) is 0 Å². The number of fused-ring (bicyclic) bond motifs is 1. The Morgan fingerprint density at radius 1 is 1.32 bits per heavy atom. The first kappa shape index (κ1) is 22.2. The van der Waals surface area contributed by atoms with Crippen molar-refractivity contribution in [1.29, 1.82) is 0 Å². The number of thiazole rings is 1. The van der Waals surface area contributed by atoms with E-state index in [0.717, 1.165) is 10.6 Å². The molecule has 3 unspecified atom stereocenters. The summed E-state index contributed by atoms with van der Waals surface area (Å²) in [7, 11) is 0. The van der Waals surface area contributed by atoms with Crippen LogP contribution in [-0.2, 0) is 10.5 Å². The molecule has 0 bridgehead atoms. The first-order chi connectivity index (χ1) is 14.7. The number of pyridine rings is 1. The molecule has 31 heavy (non-hydrogen) atoms. The van der Waals surface area contributed by atoms with E-state index in [1.807, 2.05) is 11.8 Å². The van der Waals surface area contributed by atoms with Gasteiger partial charge in [0.2, 0.25) is 5.67 Å². The molecule has 2 N–H and O–H groups in total. The molecule has 0 saturated carbocycles. The SMILES string of the molecule is Cc1ncsc1C(CNC(=O)C1(F)CCC(O)c2ncccc21)N1CCC(F)(F)CC1. The molecule has 1 aliphatic heterocycles. The topological polar surface area (TPSA) is 78.3 Å². The Kier molecular flexibility index (Phi) is 6.06. The smallest absolute Gasteiger partial charge is 0.262 e. The van der Waals surface area contributed by atoms with Crippen molar-refractivity contribution in [2.24, 2.45) is 0 Å². The Labute approximate surface area is 182 Å². The Hall–Kier alpha value is -2.04. The van der Waals surface area contributed by atoms with Crippen LogP contribution in [0.3, 0.4) is 0 Å². The highest BCUT2D eigenvalue weighted by Crippen LogP contribution is 2.42. The van der Waals surface area contributed by atoms with Crippen molar-refractivity contribution in [3.8, 4) is 0 Å². The number of halogens is 3. The summed E-state index contributed by atoms with van der Waals surface area (Å²) in [5.74, 6) is -3.49. The number of likely N-dealkylation sites (tertiary alicyclic amines) is 1. The quantitative estimate of drug-likeness (QED) is 0.724. The van der Waals surface area contributed by atoms with Crippen molar-refractivity contribution < 1.29 is 23.1 Å². The lowest BCUT2D eigenvalue weighted by atomic mass is 9.81. The number of piperidine rings is 1. The lowest BCUT2D eigenvalue weighted by Gasteiger charge is -2.38. The van der Waals surface area contributed by atoms with Crippen LogP contribution in [0.25, 0.3) is 0 Å². The minimum Gasteiger partial charge on any atom is -0.387 e. The summed E-state index contributed by atoms with van der Waals surface area (Å²) in [5.41, 5.74) is 0.408. The van der Waals surface area contributed by atoms with E-state index in [4.69, 9.17) is 0 Å². The zero-order valence-corrected chi connectivity index (χ0v) is 18.0. The van der Waals surface area contributed by atoms with E-state index in [9.17, 15) is 18.7 Å². The van der Waals surface area contributed by atoms with Crippen LogP contribution in [0.15, 0.2) is 23.8 Å². The third-order valence-corrected chi connectivity index (χ3v) is 7.25. The first-order valence-electron chi connectivity index (χ1n) is 10.3. The van der Waals surface area contributed by atoms with Gasteiger partial charge in [-0.05, 0) is 25.8 Å². The molecule has 0 radical (unpaired) electrons. The number of amides is 1. The molecule has 1 aliphatic carbocycles. The molecule has 4 rings (SSSR count). The predicted octanol–water partition coefficient (Wildman–Crippen LogP) is 3.43. The maximum atomic E-state index is 15.9. The highest BCUT2D eigenvalue weighted by atomic mass is 32.1. The number of hydrogen-bond acceptors (Lipinski definition) is 6. The van der Waals surface area contributed by atoms with E-state index in [2.05, 4.69) is 15.3 Å². The van der Waals surface area contributed by atoms with Crippen LogP contribution in [-0.4, -0.2) is 51.4 Å². The second kappa shape index (κ2) is 8.48. The molecule has 2 aromatic rings. The maximum absolute atomic E-state index is 15.9. The summed E-state index contributed by atoms with van der Waals surface area (Å²) in [6.07, 6.45) is -0.0137. The number of aliphatic hydroxyl groups is 1. The number of carbonyl (C=O) groups is 1. The number of aromatic nitrogens is 2. The van der Waals surface area contributed by atoms with Gasteiger partial charge in [-0.25, -0.2) is 18.2 Å². The molecule has 1 saturated heterocycles. The monoisotopic (exact) mass is 454 g/mol. The number of hydrogen-bond donors (Lipinski definition) is 2. The number of alkyl halides is 3. The zero-order valence-electron chi connectivity index (χ0n) is 17.2. The van der Waals surface area contributed by atoms with Crippen LogP contribution in [0.5, 0.6) is 0 Å². The van der Waals surface area contributed by atoms with E-state index in [1.165, 1.54) is 29.7 Å². The Morgan fingerprint density at radius 2 is 2.06 bits per heavy atom. The van der Waals surface area contributed by atoms with Crippen molar-refractivity contribution in [3.63, 3.8) is 0 Å². The second-order valence-electron chi connectivity index (χ2n) is 8.21. The average molecular weight is 455 g/mol. The van der Waals surface area contributed by atoms with Gasteiger partial charge in [0.05, 0.1) is 29.0 Å². The number of rotatable bonds is 5. The first-order valence-corrected chi connectivity index (χ1v) is 11.2. The minimum absolute atomic E-state index is 0.0781. The van der Waals surface area contributed by atoms with Crippen molar-refractivity contribution in [3.05, 3.63) is 45.7 Å². The zero-order chi connectivity index (χ0) is 22.2. The van der Waals surface area contributed by atoms with Crippen molar-refractivity contribution in [1.82, 2.24) is 20.2 Å². The molecule has 3 atom stereocenters. The summed E-state index contributed by atoms with van der Waals surface area (Å²) in [6, 6.07) is 2.65. The fourth-order valence-electron chi connectivity index (χ4n) is 4.37. The molecular formula is C21H25F3N4O2S. The Morgan fingerprint density at radius 3 is 2.74 bits per heavy atom. The number of nitrogens with zero attached hydrogens (tertiary/aromatic N) is 3. The van der Waals surface area contributed by atoms with Crippen LogP contribution in [0.1, 0.15) is 59.7 Å². The van der Waals surface area contributed by atoms with Crippen LogP contribution in [0.4, 0.5) is 13.2 Å². The van der Waals surface area contributed by atoms with Gasteiger partial charge in [0.15, 0.2) is 0 Å². The summed E-state index contributed by atoms with van der Waals surface area (Å²) in [5, 5.41) is 12.8. The number of nitrogens with one attached hydrogen (secondary N) is 1. The summed E-state index contributed by atoms with van der Waals surface area (Å²) >= 11 is 1.40. The molecular weight excluding hydrogens is 429 g/mol. The highest BCUT2D eigenvalue weighted by molar-refractivity contribution is 7.09. The standard InChI is InChI=1S/C21H25F3N4O2S/c1-13-18(31-12-27-13)15(28-9-6-20(22,23)7-10-28)11-26-19(30)21(24)5-4-16(29)17-14(21)3-2-8-25-17/h2-3,8,12,15-16,29H,4-7,9-11H2,1H3,(H,26,30). The normalized spacial score (nSPS) is 26.8. The van der Waals surface area contributed by atoms with Crippen molar-refractivity contribution >= 4 is 17.2 Å². The number of carbonyl (C=O) groups excluding carboxylic acids is 1. The number of aryl methyl sites for hydroxylation is 1. The summed E-state index contributed by atoms with van der Waals surface area (Å²) in [6.45, 7) is 2.28. The van der Waals surface area contributed by atoms with E-state index in [-0.39, 0.29) is 62.6 Å². The molecule has 0 aromatic carbocycles. The molecule has 168 valence electrons. The van der Waals surface area contributed by atoms with Gasteiger partial charge in [0, 0.05) is 49.1 Å². The van der Waals surface area contributed by atoms with Gasteiger partial charge in [-0.3, -0.25) is 14.7 Å². The van der Waals surface area contributed by atoms with E-state index in [1.54, 1.807) is 5.51 Å². The molecule has 3 heterocycles. The fourth-order valence-corrected chi connectivity index (χ4v) is 5.31. The second-order valence-corrected chi connectivity index (χ2v) is 9.10. The molecule has 1 amide bonds. The molecule has 6 nitrogen and oxygen atoms in total. The highest BCUT2D eigenvalue weighted by Gasteiger charge is 2.47. The molecule has 1 fully saturated rings.